The van der Waals surface area contributed by atoms with Crippen molar-refractivity contribution in [3.05, 3.63) is 29.3 Å². The van der Waals surface area contributed by atoms with E-state index in [1.807, 2.05) is 6.07 Å². The highest BCUT2D eigenvalue weighted by Gasteiger charge is 2.38. The first-order chi connectivity index (χ1) is 14.0. The minimum Gasteiger partial charge on any atom is -0.506 e. The van der Waals surface area contributed by atoms with Crippen molar-refractivity contribution in [3.8, 4) is 17.2 Å². The van der Waals surface area contributed by atoms with Crippen molar-refractivity contribution < 1.29 is 28.5 Å². The Morgan fingerprint density at radius 2 is 1.80 bits per heavy atom. The van der Waals surface area contributed by atoms with Crippen LogP contribution in [0.1, 0.15) is 43.1 Å². The van der Waals surface area contributed by atoms with Crippen LogP contribution >= 0.6 is 0 Å². The Morgan fingerprint density at radius 1 is 1.17 bits per heavy atom. The largest absolute Gasteiger partial charge is 0.506 e. The smallest absolute Gasteiger partial charge is 0.342 e. The molecule has 0 aromatic heterocycles. The second-order valence-corrected chi connectivity index (χ2v) is 14.1. The second-order valence-electron chi connectivity index (χ2n) is 9.28. The van der Waals surface area contributed by atoms with E-state index in [2.05, 4.69) is 33.9 Å². The minimum atomic E-state index is -1.86. The molecular weight excluding hydrogens is 400 g/mol. The van der Waals surface area contributed by atoms with Crippen LogP contribution in [-0.4, -0.2) is 46.3 Å². The van der Waals surface area contributed by atoms with Crippen molar-refractivity contribution in [2.75, 3.05) is 20.8 Å². The fourth-order valence-corrected chi connectivity index (χ4v) is 4.61. The monoisotopic (exact) mass is 432 g/mol. The molecule has 6 nitrogen and oxygen atoms in total. The van der Waals surface area contributed by atoms with Gasteiger partial charge in [0.05, 0.1) is 19.6 Å². The summed E-state index contributed by atoms with van der Waals surface area (Å²) in [6.07, 6.45) is 0.848. The van der Waals surface area contributed by atoms with Crippen molar-refractivity contribution in [1.82, 2.24) is 0 Å². The molecule has 0 saturated carbocycles. The second kappa shape index (κ2) is 8.11. The standard InChI is InChI=1S/C23H32O6Si/c1-23(2,3)30(6,7)28-11-10-15-12-14-13-16-17(26-4)8-9-18(27-5)20(16)21(24)19(14)22(25)29-15/h8-9,13,15,24H,10-12H2,1-7H3/t15-/m1/s1. The average Bonchev–Trinajstić information content (AvgIpc) is 2.65. The molecular formula is C23H32O6Si. The molecule has 0 saturated heterocycles. The van der Waals surface area contributed by atoms with Gasteiger partial charge in [-0.1, -0.05) is 20.8 Å². The average molecular weight is 433 g/mol. The first kappa shape index (κ1) is 22.4. The topological polar surface area (TPSA) is 74.2 Å². The molecule has 1 N–H and O–H groups in total. The fraction of sp³-hybridized carbons (Fsp3) is 0.522. The molecule has 0 fully saturated rings. The highest BCUT2D eigenvalue weighted by atomic mass is 28.4. The van der Waals surface area contributed by atoms with Crippen LogP contribution in [0.2, 0.25) is 18.1 Å². The molecule has 0 amide bonds. The van der Waals surface area contributed by atoms with Gasteiger partial charge in [-0.05, 0) is 41.9 Å². The summed E-state index contributed by atoms with van der Waals surface area (Å²) >= 11 is 0. The molecule has 0 unspecified atom stereocenters. The molecule has 0 spiro atoms. The van der Waals surface area contributed by atoms with Gasteiger partial charge in [0.15, 0.2) is 8.32 Å². The molecule has 30 heavy (non-hydrogen) atoms. The third-order valence-corrected chi connectivity index (χ3v) is 10.9. The van der Waals surface area contributed by atoms with Crippen LogP contribution in [0.25, 0.3) is 10.8 Å². The van der Waals surface area contributed by atoms with E-state index in [4.69, 9.17) is 18.6 Å². The minimum absolute atomic E-state index is 0.126. The number of rotatable bonds is 6. The Labute approximate surface area is 179 Å². The number of aromatic hydroxyl groups is 1. The van der Waals surface area contributed by atoms with Gasteiger partial charge in [0.1, 0.15) is 28.9 Å². The number of benzene rings is 2. The Morgan fingerprint density at radius 3 is 2.40 bits per heavy atom. The van der Waals surface area contributed by atoms with Gasteiger partial charge in [0, 0.05) is 24.8 Å². The molecule has 0 radical (unpaired) electrons. The fourth-order valence-electron chi connectivity index (χ4n) is 3.55. The van der Waals surface area contributed by atoms with E-state index in [-0.39, 0.29) is 22.5 Å². The first-order valence-corrected chi connectivity index (χ1v) is 13.2. The zero-order chi connectivity index (χ0) is 22.3. The van der Waals surface area contributed by atoms with Gasteiger partial charge in [-0.3, -0.25) is 0 Å². The predicted octanol–water partition coefficient (Wildman–Crippen LogP) is 5.06. The lowest BCUT2D eigenvalue weighted by Crippen LogP contribution is -2.41. The predicted molar refractivity (Wildman–Crippen MR) is 119 cm³/mol. The summed E-state index contributed by atoms with van der Waals surface area (Å²) in [5.74, 6) is 0.446. The van der Waals surface area contributed by atoms with Gasteiger partial charge in [-0.2, -0.15) is 0 Å². The molecule has 2 aromatic rings. The molecule has 2 aromatic carbocycles. The summed E-state index contributed by atoms with van der Waals surface area (Å²) in [4.78, 5) is 12.7. The molecule has 3 rings (SSSR count). The lowest BCUT2D eigenvalue weighted by Gasteiger charge is -2.36. The van der Waals surface area contributed by atoms with E-state index >= 15 is 0 Å². The number of ether oxygens (including phenoxy) is 3. The van der Waals surface area contributed by atoms with E-state index in [1.54, 1.807) is 19.2 Å². The van der Waals surface area contributed by atoms with Crippen molar-refractivity contribution in [1.29, 1.82) is 0 Å². The Balaban J connectivity index is 1.89. The summed E-state index contributed by atoms with van der Waals surface area (Å²) in [7, 11) is 1.24. The van der Waals surface area contributed by atoms with Gasteiger partial charge in [-0.25, -0.2) is 4.79 Å². The van der Waals surface area contributed by atoms with Crippen LogP contribution in [0.4, 0.5) is 0 Å². The van der Waals surface area contributed by atoms with Crippen LogP contribution in [-0.2, 0) is 15.6 Å². The van der Waals surface area contributed by atoms with Crippen LogP contribution in [0.15, 0.2) is 18.2 Å². The first-order valence-electron chi connectivity index (χ1n) is 10.2. The van der Waals surface area contributed by atoms with Gasteiger partial charge >= 0.3 is 5.97 Å². The maximum absolute atomic E-state index is 12.7. The Hall–Kier alpha value is -2.25. The van der Waals surface area contributed by atoms with E-state index in [1.165, 1.54) is 7.11 Å². The van der Waals surface area contributed by atoms with E-state index in [0.29, 0.717) is 41.7 Å². The molecule has 1 atom stereocenters. The number of hydrogen-bond donors (Lipinski definition) is 1. The number of cyclic esters (lactones) is 1. The molecule has 1 aliphatic rings. The molecule has 7 heteroatoms. The van der Waals surface area contributed by atoms with Gasteiger partial charge < -0.3 is 23.7 Å². The summed E-state index contributed by atoms with van der Waals surface area (Å²) in [6.45, 7) is 11.6. The maximum Gasteiger partial charge on any atom is 0.342 e. The summed E-state index contributed by atoms with van der Waals surface area (Å²) in [5.41, 5.74) is 0.954. The number of phenols is 1. The van der Waals surface area contributed by atoms with E-state index in [0.717, 1.165) is 5.56 Å². The molecule has 1 aliphatic heterocycles. The number of esters is 1. The van der Waals surface area contributed by atoms with E-state index < -0.39 is 14.3 Å². The van der Waals surface area contributed by atoms with Crippen molar-refractivity contribution in [2.24, 2.45) is 0 Å². The lowest BCUT2D eigenvalue weighted by atomic mass is 9.92. The third-order valence-electron chi connectivity index (χ3n) is 6.35. The molecule has 1 heterocycles. The number of carbonyl (C=O) groups excluding carboxylic acids is 1. The number of carbonyl (C=O) groups is 1. The van der Waals surface area contributed by atoms with Crippen LogP contribution in [0, 0.1) is 0 Å². The van der Waals surface area contributed by atoms with Gasteiger partial charge in [0.25, 0.3) is 0 Å². The highest BCUT2D eigenvalue weighted by Crippen LogP contribution is 2.44. The van der Waals surface area contributed by atoms with Crippen LogP contribution < -0.4 is 9.47 Å². The molecule has 0 bridgehead atoms. The SMILES string of the molecule is COc1ccc(OC)c2c(O)c3c(cc12)C[C@@H](CCO[Si](C)(C)C(C)(C)C)OC3=O. The summed E-state index contributed by atoms with van der Waals surface area (Å²) in [5, 5.41) is 12.2. The van der Waals surface area contributed by atoms with Crippen LogP contribution in [0.3, 0.4) is 0 Å². The number of hydrogen-bond acceptors (Lipinski definition) is 6. The Bertz CT molecular complexity index is 961. The zero-order valence-corrected chi connectivity index (χ0v) is 19.9. The highest BCUT2D eigenvalue weighted by molar-refractivity contribution is 6.74. The van der Waals surface area contributed by atoms with Gasteiger partial charge in [0.2, 0.25) is 0 Å². The van der Waals surface area contributed by atoms with Crippen molar-refractivity contribution in [2.45, 2.75) is 57.8 Å². The molecule has 0 aliphatic carbocycles. The van der Waals surface area contributed by atoms with Crippen molar-refractivity contribution in [3.63, 3.8) is 0 Å². The number of phenolic OH excluding ortho intramolecular Hbond substituents is 1. The summed E-state index contributed by atoms with van der Waals surface area (Å²) in [6, 6.07) is 5.40. The lowest BCUT2D eigenvalue weighted by molar-refractivity contribution is 0.0199. The quantitative estimate of drug-likeness (QED) is 0.508. The number of fused-ring (bicyclic) bond motifs is 2. The van der Waals surface area contributed by atoms with Gasteiger partial charge in [-0.15, -0.1) is 0 Å². The number of methoxy groups -OCH3 is 2. The van der Waals surface area contributed by atoms with E-state index in [9.17, 15) is 9.90 Å². The Kier molecular flexibility index (Phi) is 6.07. The maximum atomic E-state index is 12.7. The molecule has 164 valence electrons. The summed E-state index contributed by atoms with van der Waals surface area (Å²) < 4.78 is 22.7. The third kappa shape index (κ3) is 4.00. The van der Waals surface area contributed by atoms with Crippen molar-refractivity contribution >= 4 is 25.1 Å². The normalized spacial score (nSPS) is 16.9. The zero-order valence-electron chi connectivity index (χ0n) is 18.9. The van der Waals surface area contributed by atoms with Crippen LogP contribution in [0.5, 0.6) is 17.2 Å².